The number of allylic oxidation sites excluding steroid dienone is 1. The highest BCUT2D eigenvalue weighted by Crippen LogP contribution is 2.57. The summed E-state index contributed by atoms with van der Waals surface area (Å²) in [7, 11) is -2.26. The lowest BCUT2D eigenvalue weighted by molar-refractivity contribution is -0.159. The van der Waals surface area contributed by atoms with Gasteiger partial charge in [0.1, 0.15) is 18.0 Å². The number of hydrogen-bond donors (Lipinski definition) is 1. The summed E-state index contributed by atoms with van der Waals surface area (Å²) in [6, 6.07) is 6.34. The fourth-order valence-corrected chi connectivity index (χ4v) is 8.49. The summed E-state index contributed by atoms with van der Waals surface area (Å²) in [5, 5.41) is 0.964. The molecule has 2 aromatic rings. The third-order valence-electron chi connectivity index (χ3n) is 10.8. The van der Waals surface area contributed by atoms with Gasteiger partial charge in [-0.2, -0.15) is 0 Å². The summed E-state index contributed by atoms with van der Waals surface area (Å²) >= 11 is 0. The van der Waals surface area contributed by atoms with E-state index in [-0.39, 0.29) is 55.9 Å². The Kier molecular flexibility index (Phi) is 9.75. The summed E-state index contributed by atoms with van der Waals surface area (Å²) in [5.74, 6) is -2.11. The molecule has 4 aliphatic rings. The highest BCUT2D eigenvalue weighted by atomic mass is 32.2. The molecule has 50 heavy (non-hydrogen) atoms. The number of amides is 2. The lowest BCUT2D eigenvalue weighted by atomic mass is 9.77. The molecule has 6 rings (SSSR count). The Morgan fingerprint density at radius 1 is 1.12 bits per heavy atom. The number of methoxy groups -OCH3 is 1. The van der Waals surface area contributed by atoms with Crippen LogP contribution in [0.15, 0.2) is 43.1 Å². The summed E-state index contributed by atoms with van der Waals surface area (Å²) in [4.78, 5) is 61.3. The highest BCUT2D eigenvalue weighted by Gasteiger charge is 2.61. The number of likely N-dealkylation sites (tertiary alicyclic amines) is 1. The number of esters is 1. The molecule has 0 unspecified atom stereocenters. The summed E-state index contributed by atoms with van der Waals surface area (Å²) < 4.78 is 45.0. The number of pyridine rings is 1. The summed E-state index contributed by atoms with van der Waals surface area (Å²) in [5.41, 5.74) is -1.93. The second-order valence-electron chi connectivity index (χ2n) is 15.4. The van der Waals surface area contributed by atoms with E-state index in [1.54, 1.807) is 25.4 Å². The van der Waals surface area contributed by atoms with Crippen molar-refractivity contribution in [2.45, 2.75) is 102 Å². The molecule has 1 aromatic heterocycles. The van der Waals surface area contributed by atoms with Crippen LogP contribution in [0.5, 0.6) is 11.6 Å². The third kappa shape index (κ3) is 7.38. The van der Waals surface area contributed by atoms with Crippen LogP contribution < -0.4 is 14.2 Å². The molecule has 0 radical (unpaired) electrons. The molecule has 1 aromatic carbocycles. The first-order valence-electron chi connectivity index (χ1n) is 17.5. The molecule has 2 amide bonds. The van der Waals surface area contributed by atoms with Gasteiger partial charge in [-0.25, -0.2) is 13.4 Å². The average molecular weight is 710 g/mol. The van der Waals surface area contributed by atoms with Crippen molar-refractivity contribution in [3.8, 4) is 11.6 Å². The van der Waals surface area contributed by atoms with Crippen molar-refractivity contribution >= 4 is 44.4 Å². The van der Waals surface area contributed by atoms with Crippen LogP contribution in [0.1, 0.15) is 78.6 Å². The molecular weight excluding hydrogens is 662 g/mol. The maximum Gasteiger partial charge on any atom is 0.306 e. The monoisotopic (exact) mass is 709 g/mol. The third-order valence-corrected chi connectivity index (χ3v) is 12.6. The summed E-state index contributed by atoms with van der Waals surface area (Å²) in [6.07, 6.45) is 5.99. The first-order chi connectivity index (χ1) is 23.6. The molecule has 3 aliphatic carbocycles. The van der Waals surface area contributed by atoms with Crippen LogP contribution in [0.2, 0.25) is 0 Å². The molecule has 0 spiro atoms. The normalized spacial score (nSPS) is 25.7. The van der Waals surface area contributed by atoms with Crippen molar-refractivity contribution in [3.05, 3.63) is 43.1 Å². The maximum atomic E-state index is 14.5. The molecule has 5 atom stereocenters. The number of sulfonamides is 1. The topological polar surface area (TPSA) is 158 Å². The molecule has 1 aliphatic heterocycles. The number of carbonyl (C=O) groups excluding carboxylic acids is 4. The number of benzene rings is 1. The fourth-order valence-electron chi connectivity index (χ4n) is 7.10. The lowest BCUT2D eigenvalue weighted by Crippen LogP contribution is -2.48. The van der Waals surface area contributed by atoms with Crippen LogP contribution in [0, 0.1) is 22.7 Å². The van der Waals surface area contributed by atoms with E-state index < -0.39 is 56.0 Å². The van der Waals surface area contributed by atoms with Gasteiger partial charge in [-0.15, -0.1) is 6.58 Å². The number of rotatable bonds is 14. The van der Waals surface area contributed by atoms with E-state index in [1.807, 2.05) is 39.0 Å². The molecule has 1 saturated heterocycles. The van der Waals surface area contributed by atoms with Crippen LogP contribution >= 0.6 is 0 Å². The number of Topliss-reactive ketones (excluding diaryl/α,β-unsaturated/α-hetero) is 1. The Balaban J connectivity index is 1.27. The van der Waals surface area contributed by atoms with E-state index >= 15 is 0 Å². The molecule has 13 heteroatoms. The summed E-state index contributed by atoms with van der Waals surface area (Å²) in [6.45, 7) is 9.49. The predicted octanol–water partition coefficient (Wildman–Crippen LogP) is 4.50. The van der Waals surface area contributed by atoms with E-state index in [0.29, 0.717) is 24.5 Å². The van der Waals surface area contributed by atoms with Gasteiger partial charge in [-0.1, -0.05) is 26.8 Å². The Labute approximate surface area is 293 Å². The van der Waals surface area contributed by atoms with Gasteiger partial charge in [0.2, 0.25) is 27.7 Å². The quantitative estimate of drug-likeness (QED) is 0.219. The van der Waals surface area contributed by atoms with Gasteiger partial charge < -0.3 is 19.1 Å². The number of aromatic nitrogens is 1. The lowest BCUT2D eigenvalue weighted by Gasteiger charge is -2.35. The Morgan fingerprint density at radius 2 is 1.86 bits per heavy atom. The minimum atomic E-state index is -3.84. The molecule has 270 valence electrons. The van der Waals surface area contributed by atoms with Gasteiger partial charge in [-0.05, 0) is 79.5 Å². The molecule has 12 nitrogen and oxygen atoms in total. The molecule has 3 saturated carbocycles. The van der Waals surface area contributed by atoms with Crippen molar-refractivity contribution in [3.63, 3.8) is 0 Å². The van der Waals surface area contributed by atoms with Gasteiger partial charge in [0.05, 0.1) is 42.7 Å². The zero-order valence-electron chi connectivity index (χ0n) is 29.2. The van der Waals surface area contributed by atoms with Gasteiger partial charge in [-0.3, -0.25) is 23.9 Å². The van der Waals surface area contributed by atoms with E-state index in [1.165, 1.54) is 4.90 Å². The first-order valence-corrected chi connectivity index (χ1v) is 19.0. The average Bonchev–Trinajstić information content (AvgIpc) is 3.97. The minimum absolute atomic E-state index is 0.0495. The van der Waals surface area contributed by atoms with Crippen molar-refractivity contribution in [1.29, 1.82) is 0 Å². The Bertz CT molecular complexity index is 1800. The number of ether oxygens (including phenoxy) is 3. The van der Waals surface area contributed by atoms with E-state index in [4.69, 9.17) is 14.2 Å². The smallest absolute Gasteiger partial charge is 0.306 e. The molecule has 4 fully saturated rings. The first kappa shape index (κ1) is 35.8. The van der Waals surface area contributed by atoms with Crippen molar-refractivity contribution in [1.82, 2.24) is 14.6 Å². The second-order valence-corrected chi connectivity index (χ2v) is 17.3. The SMILES string of the molecule is C=C[C@@H]1C[C@]1(CC(=O)[C@@H]1C[C@@H](Oc2nccc3cc(OC)ccc23)CN1C(=O)[C@@H](CC(=O)OC1CCC1)C(C)(C)C)C(=O)NS(=O)(=O)C1CC1. The highest BCUT2D eigenvalue weighted by molar-refractivity contribution is 7.90. The molecule has 2 heterocycles. The van der Waals surface area contributed by atoms with Crippen molar-refractivity contribution in [2.75, 3.05) is 13.7 Å². The van der Waals surface area contributed by atoms with Gasteiger partial charge in [0.15, 0.2) is 5.78 Å². The Hall–Kier alpha value is -4.00. The van der Waals surface area contributed by atoms with Gasteiger partial charge in [0.25, 0.3) is 0 Å². The minimum Gasteiger partial charge on any atom is -0.497 e. The standard InChI is InChI=1S/C37H47N3O9S/c1-6-23-19-37(23,35(44)39-50(45,46)27-11-12-27)20-31(41)30-17-26(49-33-28-13-10-25(47-5)16-22(28)14-15-38-33)21-40(30)34(43)29(36(2,3)4)18-32(42)48-24-8-7-9-24/h6,10,13-16,23-24,26-27,29-30H,1,7-9,11-12,17-21H2,2-5H3,(H,39,44)/t23-,26-,29-,30+,37-/m1/s1. The van der Waals surface area contributed by atoms with Gasteiger partial charge >= 0.3 is 5.97 Å². The molecular formula is C37H47N3O9S. The largest absolute Gasteiger partial charge is 0.497 e. The van der Waals surface area contributed by atoms with E-state index in [2.05, 4.69) is 16.3 Å². The van der Waals surface area contributed by atoms with Crippen LogP contribution in [-0.4, -0.2) is 79.0 Å². The van der Waals surface area contributed by atoms with Crippen LogP contribution in [-0.2, 0) is 33.9 Å². The number of nitrogens with one attached hydrogen (secondary N) is 1. The molecule has 0 bridgehead atoms. The Morgan fingerprint density at radius 3 is 2.46 bits per heavy atom. The van der Waals surface area contributed by atoms with Crippen molar-refractivity contribution < 1.29 is 41.8 Å². The maximum absolute atomic E-state index is 14.5. The van der Waals surface area contributed by atoms with E-state index in [0.717, 1.165) is 30.0 Å². The second kappa shape index (κ2) is 13.6. The van der Waals surface area contributed by atoms with Crippen LogP contribution in [0.4, 0.5) is 0 Å². The van der Waals surface area contributed by atoms with Crippen LogP contribution in [0.3, 0.4) is 0 Å². The van der Waals surface area contributed by atoms with Crippen LogP contribution in [0.25, 0.3) is 10.8 Å². The fraction of sp³-hybridized carbons (Fsp3) is 0.595. The zero-order chi connectivity index (χ0) is 36.0. The molecule has 1 N–H and O–H groups in total. The number of fused-ring (bicyclic) bond motifs is 1. The van der Waals surface area contributed by atoms with E-state index in [9.17, 15) is 27.6 Å². The predicted molar refractivity (Wildman–Crippen MR) is 185 cm³/mol. The number of nitrogens with zero attached hydrogens (tertiary/aromatic N) is 2. The zero-order valence-corrected chi connectivity index (χ0v) is 30.0. The van der Waals surface area contributed by atoms with Gasteiger partial charge in [0, 0.05) is 24.4 Å². The van der Waals surface area contributed by atoms with Crippen molar-refractivity contribution in [2.24, 2.45) is 22.7 Å². The number of ketones is 1. The number of carbonyl (C=O) groups is 4. The number of hydrogen-bond acceptors (Lipinski definition) is 10.